The van der Waals surface area contributed by atoms with Crippen LogP contribution in [0.4, 0.5) is 0 Å². The predicted octanol–water partition coefficient (Wildman–Crippen LogP) is 0.930. The standard InChI is InChI=1S/C14H20N4OS/c1-18-7-3-2-4-11(18)9-17-14(19)12-6-5-10(8-16-12)13(15)20/h5-6,8,11H,2-4,7,9H2,1H3,(H2,15,20)(H,17,19). The highest BCUT2D eigenvalue weighted by Crippen LogP contribution is 2.14. The SMILES string of the molecule is CN1CCCCC1CNC(=O)c1ccc(C(N)=S)cn1. The molecule has 3 N–H and O–H groups in total. The van der Waals surface area contributed by atoms with E-state index in [9.17, 15) is 4.79 Å². The Morgan fingerprint density at radius 1 is 1.55 bits per heavy atom. The molecule has 1 unspecified atom stereocenters. The van der Waals surface area contributed by atoms with Gasteiger partial charge in [0.05, 0.1) is 0 Å². The lowest BCUT2D eigenvalue weighted by molar-refractivity contribution is 0.0923. The normalized spacial score (nSPS) is 19.6. The third-order valence-corrected chi connectivity index (χ3v) is 3.94. The summed E-state index contributed by atoms with van der Waals surface area (Å²) >= 11 is 4.85. The van der Waals surface area contributed by atoms with Crippen molar-refractivity contribution in [2.24, 2.45) is 5.73 Å². The molecule has 0 radical (unpaired) electrons. The van der Waals surface area contributed by atoms with Crippen LogP contribution in [0.25, 0.3) is 0 Å². The highest BCUT2D eigenvalue weighted by atomic mass is 32.1. The van der Waals surface area contributed by atoms with Crippen LogP contribution in [0.3, 0.4) is 0 Å². The molecule has 1 amide bonds. The first-order valence-electron chi connectivity index (χ1n) is 6.82. The van der Waals surface area contributed by atoms with Crippen molar-refractivity contribution in [3.63, 3.8) is 0 Å². The van der Waals surface area contributed by atoms with Crippen LogP contribution in [0.2, 0.25) is 0 Å². The van der Waals surface area contributed by atoms with Crippen LogP contribution in [-0.4, -0.2) is 47.0 Å². The van der Waals surface area contributed by atoms with E-state index in [1.54, 1.807) is 12.1 Å². The third-order valence-electron chi connectivity index (χ3n) is 3.70. The summed E-state index contributed by atoms with van der Waals surface area (Å²) in [5.41, 5.74) is 6.56. The van der Waals surface area contributed by atoms with E-state index in [0.29, 0.717) is 23.8 Å². The first-order valence-corrected chi connectivity index (χ1v) is 7.23. The van der Waals surface area contributed by atoms with Crippen molar-refractivity contribution in [3.8, 4) is 0 Å². The first kappa shape index (κ1) is 14.9. The summed E-state index contributed by atoms with van der Waals surface area (Å²) in [6.07, 6.45) is 5.13. The second-order valence-corrected chi connectivity index (χ2v) is 5.58. The molecule has 1 aliphatic rings. The number of likely N-dealkylation sites (N-methyl/N-ethyl adjacent to an activating group) is 1. The molecular formula is C14H20N4OS. The van der Waals surface area contributed by atoms with E-state index in [1.807, 2.05) is 0 Å². The van der Waals surface area contributed by atoms with Gasteiger partial charge in [0.15, 0.2) is 0 Å². The number of pyridine rings is 1. The van der Waals surface area contributed by atoms with E-state index < -0.39 is 0 Å². The number of likely N-dealkylation sites (tertiary alicyclic amines) is 1. The Labute approximate surface area is 124 Å². The van der Waals surface area contributed by atoms with E-state index in [0.717, 1.165) is 13.0 Å². The van der Waals surface area contributed by atoms with Crippen LogP contribution in [0, 0.1) is 0 Å². The Kier molecular flexibility index (Phi) is 5.03. The number of nitrogens with one attached hydrogen (secondary N) is 1. The number of thiocarbonyl (C=S) groups is 1. The fraction of sp³-hybridized carbons (Fsp3) is 0.500. The minimum atomic E-state index is -0.154. The molecular weight excluding hydrogens is 272 g/mol. The molecule has 0 aliphatic carbocycles. The minimum absolute atomic E-state index is 0.154. The van der Waals surface area contributed by atoms with Crippen molar-refractivity contribution in [2.45, 2.75) is 25.3 Å². The van der Waals surface area contributed by atoms with Crippen molar-refractivity contribution in [3.05, 3.63) is 29.6 Å². The zero-order valence-electron chi connectivity index (χ0n) is 11.6. The predicted molar refractivity (Wildman–Crippen MR) is 82.7 cm³/mol. The monoisotopic (exact) mass is 292 g/mol. The summed E-state index contributed by atoms with van der Waals surface area (Å²) in [6.45, 7) is 1.76. The average molecular weight is 292 g/mol. The molecule has 0 bridgehead atoms. The minimum Gasteiger partial charge on any atom is -0.389 e. The summed E-state index contributed by atoms with van der Waals surface area (Å²) in [6, 6.07) is 3.79. The van der Waals surface area contributed by atoms with Crippen LogP contribution in [0.15, 0.2) is 18.3 Å². The number of hydrogen-bond donors (Lipinski definition) is 2. The van der Waals surface area contributed by atoms with Gasteiger partial charge in [0, 0.05) is 24.3 Å². The van der Waals surface area contributed by atoms with E-state index in [-0.39, 0.29) is 10.9 Å². The number of piperidine rings is 1. The molecule has 6 heteroatoms. The van der Waals surface area contributed by atoms with Gasteiger partial charge in [-0.1, -0.05) is 18.6 Å². The number of aromatic nitrogens is 1. The maximum atomic E-state index is 12.0. The zero-order chi connectivity index (χ0) is 14.5. The van der Waals surface area contributed by atoms with E-state index in [4.69, 9.17) is 18.0 Å². The largest absolute Gasteiger partial charge is 0.389 e. The number of amides is 1. The Morgan fingerprint density at radius 2 is 2.35 bits per heavy atom. The summed E-state index contributed by atoms with van der Waals surface area (Å²) < 4.78 is 0. The summed E-state index contributed by atoms with van der Waals surface area (Å²) in [5, 5.41) is 2.94. The number of nitrogens with zero attached hydrogens (tertiary/aromatic N) is 2. The van der Waals surface area contributed by atoms with Crippen LogP contribution < -0.4 is 11.1 Å². The van der Waals surface area contributed by atoms with Crippen molar-refractivity contribution in [1.29, 1.82) is 0 Å². The molecule has 20 heavy (non-hydrogen) atoms. The number of carbonyl (C=O) groups is 1. The molecule has 0 aromatic carbocycles. The van der Waals surface area contributed by atoms with Crippen molar-refractivity contribution >= 4 is 23.1 Å². The Balaban J connectivity index is 1.89. The number of rotatable bonds is 4. The Bertz CT molecular complexity index is 488. The van der Waals surface area contributed by atoms with Crippen LogP contribution in [-0.2, 0) is 0 Å². The summed E-state index contributed by atoms with van der Waals surface area (Å²) in [7, 11) is 2.10. The van der Waals surface area contributed by atoms with Gasteiger partial charge in [0.25, 0.3) is 5.91 Å². The number of carbonyl (C=O) groups excluding carboxylic acids is 1. The second-order valence-electron chi connectivity index (χ2n) is 5.14. The molecule has 1 aromatic heterocycles. The Hall–Kier alpha value is -1.53. The topological polar surface area (TPSA) is 71.2 Å². The highest BCUT2D eigenvalue weighted by molar-refractivity contribution is 7.80. The second kappa shape index (κ2) is 6.76. The fourth-order valence-electron chi connectivity index (χ4n) is 2.38. The maximum absolute atomic E-state index is 12.0. The lowest BCUT2D eigenvalue weighted by atomic mass is 10.0. The molecule has 1 fully saturated rings. The van der Waals surface area contributed by atoms with Gasteiger partial charge in [-0.05, 0) is 38.6 Å². The first-order chi connectivity index (χ1) is 9.58. The third kappa shape index (κ3) is 3.74. The molecule has 0 saturated carbocycles. The highest BCUT2D eigenvalue weighted by Gasteiger charge is 2.19. The molecule has 5 nitrogen and oxygen atoms in total. The lowest BCUT2D eigenvalue weighted by Crippen LogP contribution is -2.44. The van der Waals surface area contributed by atoms with Gasteiger partial charge in [-0.3, -0.25) is 9.78 Å². The van der Waals surface area contributed by atoms with E-state index >= 15 is 0 Å². The average Bonchev–Trinajstić information content (AvgIpc) is 2.46. The van der Waals surface area contributed by atoms with E-state index in [1.165, 1.54) is 19.0 Å². The van der Waals surface area contributed by atoms with Crippen LogP contribution in [0.5, 0.6) is 0 Å². The summed E-state index contributed by atoms with van der Waals surface area (Å²) in [4.78, 5) is 18.7. The van der Waals surface area contributed by atoms with Gasteiger partial charge in [-0.25, -0.2) is 0 Å². The van der Waals surface area contributed by atoms with Crippen molar-refractivity contribution < 1.29 is 4.79 Å². The van der Waals surface area contributed by atoms with Gasteiger partial charge in [-0.15, -0.1) is 0 Å². The molecule has 1 saturated heterocycles. The summed E-state index contributed by atoms with van der Waals surface area (Å²) in [5.74, 6) is -0.154. The van der Waals surface area contributed by atoms with E-state index in [2.05, 4.69) is 22.2 Å². The molecule has 2 rings (SSSR count). The molecule has 108 valence electrons. The quantitative estimate of drug-likeness (QED) is 0.808. The molecule has 1 aliphatic heterocycles. The van der Waals surface area contributed by atoms with Gasteiger partial charge in [-0.2, -0.15) is 0 Å². The van der Waals surface area contributed by atoms with Gasteiger partial charge < -0.3 is 16.0 Å². The lowest BCUT2D eigenvalue weighted by Gasteiger charge is -2.32. The molecule has 1 atom stereocenters. The smallest absolute Gasteiger partial charge is 0.269 e. The van der Waals surface area contributed by atoms with Crippen LogP contribution in [0.1, 0.15) is 35.3 Å². The zero-order valence-corrected chi connectivity index (χ0v) is 12.4. The molecule has 1 aromatic rings. The molecule has 2 heterocycles. The Morgan fingerprint density at radius 3 is 2.95 bits per heavy atom. The van der Waals surface area contributed by atoms with Gasteiger partial charge in [0.2, 0.25) is 0 Å². The molecule has 0 spiro atoms. The van der Waals surface area contributed by atoms with Crippen molar-refractivity contribution in [2.75, 3.05) is 20.1 Å². The number of hydrogen-bond acceptors (Lipinski definition) is 4. The van der Waals surface area contributed by atoms with Gasteiger partial charge in [0.1, 0.15) is 10.7 Å². The van der Waals surface area contributed by atoms with Crippen molar-refractivity contribution in [1.82, 2.24) is 15.2 Å². The number of nitrogens with two attached hydrogens (primary N) is 1. The fourth-order valence-corrected chi connectivity index (χ4v) is 2.50. The van der Waals surface area contributed by atoms with Crippen LogP contribution >= 0.6 is 12.2 Å². The maximum Gasteiger partial charge on any atom is 0.269 e. The van der Waals surface area contributed by atoms with Gasteiger partial charge >= 0.3 is 0 Å².